The van der Waals surface area contributed by atoms with Gasteiger partial charge in [0.1, 0.15) is 5.69 Å². The molecule has 0 bridgehead atoms. The average Bonchev–Trinajstić information content (AvgIpc) is 2.32. The highest BCUT2D eigenvalue weighted by Gasteiger charge is 2.13. The van der Waals surface area contributed by atoms with E-state index in [1.54, 1.807) is 18.5 Å². The molecule has 0 aliphatic carbocycles. The number of pyridine rings is 2. The average molecular weight is 435 g/mol. The predicted molar refractivity (Wildman–Crippen MR) is 79.6 cm³/mol. The molecule has 18 heavy (non-hydrogen) atoms. The van der Waals surface area contributed by atoms with Gasteiger partial charge in [0.25, 0.3) is 0 Å². The van der Waals surface area contributed by atoms with E-state index in [1.165, 1.54) is 0 Å². The van der Waals surface area contributed by atoms with Crippen LogP contribution in [-0.2, 0) is 6.42 Å². The molecular formula is C12H7Br3N2O. The molecule has 2 aromatic rings. The van der Waals surface area contributed by atoms with Crippen molar-refractivity contribution in [2.45, 2.75) is 6.42 Å². The van der Waals surface area contributed by atoms with Gasteiger partial charge in [-0.3, -0.25) is 14.8 Å². The second-order valence-corrected chi connectivity index (χ2v) is 6.24. The Morgan fingerprint density at radius 1 is 1.06 bits per heavy atom. The topological polar surface area (TPSA) is 42.9 Å². The molecule has 0 atom stereocenters. The maximum atomic E-state index is 12.1. The Kier molecular flexibility index (Phi) is 4.64. The summed E-state index contributed by atoms with van der Waals surface area (Å²) >= 11 is 9.93. The monoisotopic (exact) mass is 432 g/mol. The minimum atomic E-state index is -0.0656. The molecule has 2 rings (SSSR count). The summed E-state index contributed by atoms with van der Waals surface area (Å²) in [4.78, 5) is 20.4. The van der Waals surface area contributed by atoms with Crippen molar-refractivity contribution in [1.82, 2.24) is 9.97 Å². The van der Waals surface area contributed by atoms with E-state index >= 15 is 0 Å². The molecular weight excluding hydrogens is 428 g/mol. The van der Waals surface area contributed by atoms with Crippen molar-refractivity contribution in [2.24, 2.45) is 0 Å². The summed E-state index contributed by atoms with van der Waals surface area (Å²) in [5, 5.41) is 0. The normalized spacial score (nSPS) is 10.4. The molecule has 0 fully saturated rings. The van der Waals surface area contributed by atoms with Gasteiger partial charge in [-0.1, -0.05) is 0 Å². The van der Waals surface area contributed by atoms with Crippen molar-refractivity contribution in [3.8, 4) is 0 Å². The number of carbonyl (C=O) groups is 1. The van der Waals surface area contributed by atoms with E-state index < -0.39 is 0 Å². The zero-order valence-electron chi connectivity index (χ0n) is 9.03. The summed E-state index contributed by atoms with van der Waals surface area (Å²) in [7, 11) is 0. The van der Waals surface area contributed by atoms with Crippen molar-refractivity contribution >= 4 is 53.6 Å². The molecule has 0 radical (unpaired) electrons. The van der Waals surface area contributed by atoms with Crippen LogP contribution in [-0.4, -0.2) is 15.8 Å². The van der Waals surface area contributed by atoms with E-state index in [2.05, 4.69) is 57.8 Å². The van der Waals surface area contributed by atoms with Gasteiger partial charge in [-0.25, -0.2) is 0 Å². The molecule has 0 aliphatic heterocycles. The molecule has 0 aliphatic rings. The lowest BCUT2D eigenvalue weighted by molar-refractivity contribution is 0.0986. The van der Waals surface area contributed by atoms with Crippen LogP contribution in [0.25, 0.3) is 0 Å². The number of ketones is 1. The van der Waals surface area contributed by atoms with Crippen LogP contribution < -0.4 is 0 Å². The quantitative estimate of drug-likeness (QED) is 0.680. The molecule has 2 heterocycles. The Bertz CT molecular complexity index is 584. The molecule has 0 spiro atoms. The van der Waals surface area contributed by atoms with Gasteiger partial charge >= 0.3 is 0 Å². The third-order valence-corrected chi connectivity index (χ3v) is 3.71. The molecule has 0 saturated heterocycles. The van der Waals surface area contributed by atoms with Crippen molar-refractivity contribution in [3.05, 3.63) is 55.4 Å². The Hall–Kier alpha value is -0.590. The molecule has 0 aromatic carbocycles. The molecule has 2 aromatic heterocycles. The lowest BCUT2D eigenvalue weighted by Crippen LogP contribution is -2.08. The lowest BCUT2D eigenvalue weighted by Gasteiger charge is -2.03. The SMILES string of the molecule is O=C(Cc1ccc(Br)cn1)c1ncc(Br)cc1Br. The molecule has 0 amide bonds. The molecule has 3 nitrogen and oxygen atoms in total. The smallest absolute Gasteiger partial charge is 0.188 e. The number of nitrogens with zero attached hydrogens (tertiary/aromatic N) is 2. The molecule has 0 saturated carbocycles. The van der Waals surface area contributed by atoms with Crippen molar-refractivity contribution in [3.63, 3.8) is 0 Å². The van der Waals surface area contributed by atoms with E-state index in [0.717, 1.165) is 14.6 Å². The van der Waals surface area contributed by atoms with Crippen LogP contribution in [0.3, 0.4) is 0 Å². The number of hydrogen-bond donors (Lipinski definition) is 0. The molecule has 0 unspecified atom stereocenters. The molecule has 92 valence electrons. The molecule has 0 N–H and O–H groups in total. The van der Waals surface area contributed by atoms with Gasteiger partial charge in [-0.05, 0) is 66.0 Å². The number of Topliss-reactive ketones (excluding diaryl/α,β-unsaturated/α-hetero) is 1. The fourth-order valence-electron chi connectivity index (χ4n) is 1.38. The summed E-state index contributed by atoms with van der Waals surface area (Å²) in [6, 6.07) is 5.48. The summed E-state index contributed by atoms with van der Waals surface area (Å²) in [5.74, 6) is -0.0656. The number of carbonyl (C=O) groups excluding carboxylic acids is 1. The minimum absolute atomic E-state index is 0.0656. The Labute approximate surface area is 129 Å². The van der Waals surface area contributed by atoms with Crippen LogP contribution in [0.1, 0.15) is 16.2 Å². The number of rotatable bonds is 3. The summed E-state index contributed by atoms with van der Waals surface area (Å²) < 4.78 is 2.40. The Morgan fingerprint density at radius 2 is 1.78 bits per heavy atom. The van der Waals surface area contributed by atoms with Crippen LogP contribution in [0.2, 0.25) is 0 Å². The first-order valence-electron chi connectivity index (χ1n) is 5.01. The highest BCUT2D eigenvalue weighted by atomic mass is 79.9. The predicted octanol–water partition coefficient (Wildman–Crippen LogP) is 4.19. The largest absolute Gasteiger partial charge is 0.292 e. The second kappa shape index (κ2) is 6.04. The van der Waals surface area contributed by atoms with Gasteiger partial charge in [-0.15, -0.1) is 0 Å². The third kappa shape index (κ3) is 3.46. The van der Waals surface area contributed by atoms with Crippen molar-refractivity contribution in [1.29, 1.82) is 0 Å². The zero-order valence-corrected chi connectivity index (χ0v) is 13.8. The first-order chi connectivity index (χ1) is 8.56. The fourth-order valence-corrected chi connectivity index (χ4v) is 2.82. The van der Waals surface area contributed by atoms with Gasteiger partial charge in [0.15, 0.2) is 5.78 Å². The lowest BCUT2D eigenvalue weighted by atomic mass is 10.1. The number of hydrogen-bond acceptors (Lipinski definition) is 3. The van der Waals surface area contributed by atoms with E-state index in [0.29, 0.717) is 10.2 Å². The first-order valence-corrected chi connectivity index (χ1v) is 7.39. The highest BCUT2D eigenvalue weighted by molar-refractivity contribution is 9.11. The summed E-state index contributed by atoms with van der Waals surface area (Å²) in [5.41, 5.74) is 1.14. The van der Waals surface area contributed by atoms with E-state index in [1.807, 2.05) is 12.1 Å². The van der Waals surface area contributed by atoms with Crippen LogP contribution >= 0.6 is 47.8 Å². The maximum Gasteiger partial charge on any atom is 0.188 e. The van der Waals surface area contributed by atoms with E-state index in [4.69, 9.17) is 0 Å². The van der Waals surface area contributed by atoms with Crippen LogP contribution in [0.4, 0.5) is 0 Å². The number of halogens is 3. The standard InChI is InChI=1S/C12H7Br3N2O/c13-7-1-2-9(16-5-7)4-11(18)12-10(15)3-8(14)6-17-12/h1-3,5-6H,4H2. The van der Waals surface area contributed by atoms with Crippen LogP contribution in [0.5, 0.6) is 0 Å². The van der Waals surface area contributed by atoms with Crippen molar-refractivity contribution < 1.29 is 4.79 Å². The van der Waals surface area contributed by atoms with E-state index in [9.17, 15) is 4.79 Å². The Morgan fingerprint density at radius 3 is 2.39 bits per heavy atom. The van der Waals surface area contributed by atoms with Gasteiger partial charge in [0.05, 0.1) is 6.42 Å². The van der Waals surface area contributed by atoms with Crippen molar-refractivity contribution in [2.75, 3.05) is 0 Å². The summed E-state index contributed by atoms with van der Waals surface area (Å²) in [6.45, 7) is 0. The second-order valence-electron chi connectivity index (χ2n) is 3.55. The van der Waals surface area contributed by atoms with Gasteiger partial charge < -0.3 is 0 Å². The maximum absolute atomic E-state index is 12.1. The molecule has 6 heteroatoms. The minimum Gasteiger partial charge on any atom is -0.292 e. The van der Waals surface area contributed by atoms with Gasteiger partial charge in [-0.2, -0.15) is 0 Å². The van der Waals surface area contributed by atoms with Gasteiger partial charge in [0.2, 0.25) is 0 Å². The highest BCUT2D eigenvalue weighted by Crippen LogP contribution is 2.21. The number of aromatic nitrogens is 2. The first kappa shape index (κ1) is 13.8. The fraction of sp³-hybridized carbons (Fsp3) is 0.0833. The third-order valence-electron chi connectivity index (χ3n) is 2.20. The summed E-state index contributed by atoms with van der Waals surface area (Å²) in [6.07, 6.45) is 3.51. The Balaban J connectivity index is 2.19. The van der Waals surface area contributed by atoms with E-state index in [-0.39, 0.29) is 12.2 Å². The van der Waals surface area contributed by atoms with Crippen LogP contribution in [0.15, 0.2) is 44.0 Å². The van der Waals surface area contributed by atoms with Gasteiger partial charge in [0, 0.05) is 31.5 Å². The van der Waals surface area contributed by atoms with Crippen LogP contribution in [0, 0.1) is 0 Å². The zero-order chi connectivity index (χ0) is 13.1.